The van der Waals surface area contributed by atoms with Gasteiger partial charge in [-0.05, 0) is 25.0 Å². The van der Waals surface area contributed by atoms with Crippen molar-refractivity contribution in [2.75, 3.05) is 7.11 Å². The van der Waals surface area contributed by atoms with E-state index in [-0.39, 0.29) is 5.75 Å². The molecule has 7 nitrogen and oxygen atoms in total. The zero-order valence-corrected chi connectivity index (χ0v) is 12.1. The highest BCUT2D eigenvalue weighted by Crippen LogP contribution is 2.40. The second-order valence-corrected chi connectivity index (χ2v) is 5.04. The first-order valence-electron chi connectivity index (χ1n) is 6.40. The van der Waals surface area contributed by atoms with E-state index in [1.165, 1.54) is 19.2 Å². The summed E-state index contributed by atoms with van der Waals surface area (Å²) in [7, 11) is 1.45. The van der Waals surface area contributed by atoms with Crippen molar-refractivity contribution in [1.29, 1.82) is 0 Å². The van der Waals surface area contributed by atoms with Gasteiger partial charge in [-0.1, -0.05) is 12.1 Å². The van der Waals surface area contributed by atoms with Gasteiger partial charge in [-0.25, -0.2) is 0 Å². The number of hydrogen-bond donors (Lipinski definition) is 3. The number of aliphatic hydroxyl groups excluding tert-OH is 1. The highest BCUT2D eigenvalue weighted by atomic mass is 32.1. The molecule has 6 atom stereocenters. The van der Waals surface area contributed by atoms with Gasteiger partial charge in [0.25, 0.3) is 0 Å². The zero-order chi connectivity index (χ0) is 15.0. The fourth-order valence-electron chi connectivity index (χ4n) is 2.53. The van der Waals surface area contributed by atoms with Crippen molar-refractivity contribution in [1.82, 2.24) is 0 Å². The maximum Gasteiger partial charge on any atom is 0.202 e. The zero-order valence-electron chi connectivity index (χ0n) is 11.2. The Morgan fingerprint density at radius 1 is 1.10 bits per heavy atom. The molecule has 0 saturated carbocycles. The maximum absolute atomic E-state index is 9.88. The van der Waals surface area contributed by atoms with Crippen molar-refractivity contribution in [3.8, 4) is 5.75 Å². The molecule has 0 bridgehead atoms. The molecule has 1 aromatic carbocycles. The highest BCUT2D eigenvalue weighted by molar-refractivity contribution is 7.75. The topological polar surface area (TPSA) is 86.6 Å². The molecule has 21 heavy (non-hydrogen) atoms. The first kappa shape index (κ1) is 15.0. The Labute approximate surface area is 126 Å². The van der Waals surface area contributed by atoms with E-state index in [1.54, 1.807) is 12.1 Å². The molecule has 0 amide bonds. The quantitative estimate of drug-likeness (QED) is 0.560. The van der Waals surface area contributed by atoms with E-state index in [4.69, 9.17) is 23.1 Å². The number of phenols is 1. The van der Waals surface area contributed by atoms with Crippen molar-refractivity contribution in [3.63, 3.8) is 0 Å². The van der Waals surface area contributed by atoms with Gasteiger partial charge in [0.1, 0.15) is 24.1 Å². The summed E-state index contributed by atoms with van der Waals surface area (Å²) < 4.78 is 26.9. The second kappa shape index (κ2) is 6.09. The minimum Gasteiger partial charge on any atom is -0.508 e. The molecule has 8 heteroatoms. The van der Waals surface area contributed by atoms with Gasteiger partial charge in [-0.2, -0.15) is 0 Å². The van der Waals surface area contributed by atoms with Crippen molar-refractivity contribution in [2.45, 2.75) is 37.2 Å². The monoisotopic (exact) mass is 316 g/mol. The molecular weight excluding hydrogens is 300 g/mol. The summed E-state index contributed by atoms with van der Waals surface area (Å²) in [4.78, 5) is 0. The Bertz CT molecular complexity index is 482. The molecule has 2 aliphatic rings. The number of fused-ring (bicyclic) bond motifs is 1. The van der Waals surface area contributed by atoms with Gasteiger partial charge in [0.05, 0.1) is 0 Å². The average molecular weight is 316 g/mol. The Balaban J connectivity index is 1.82. The van der Waals surface area contributed by atoms with Crippen LogP contribution in [0.3, 0.4) is 0 Å². The number of aromatic hydroxyl groups is 1. The summed E-state index contributed by atoms with van der Waals surface area (Å²) in [5, 5.41) is 19.2. The number of ether oxygens (including phenoxy) is 4. The van der Waals surface area contributed by atoms with Crippen molar-refractivity contribution in [2.24, 2.45) is 0 Å². The normalized spacial score (nSPS) is 39.2. The van der Waals surface area contributed by atoms with Crippen LogP contribution in [0, 0.1) is 0 Å². The number of rotatable bonds is 3. The van der Waals surface area contributed by atoms with E-state index >= 15 is 0 Å². The predicted molar refractivity (Wildman–Crippen MR) is 72.3 cm³/mol. The molecule has 2 N–H and O–H groups in total. The van der Waals surface area contributed by atoms with Crippen LogP contribution in [0.4, 0.5) is 0 Å². The Morgan fingerprint density at radius 3 is 2.38 bits per heavy atom. The van der Waals surface area contributed by atoms with Crippen LogP contribution in [0.25, 0.3) is 0 Å². The number of benzene rings is 1. The molecule has 2 aliphatic heterocycles. The number of thiol groups is 1. The number of aliphatic hydroxyl groups is 1. The number of methoxy groups -OCH3 is 1. The van der Waals surface area contributed by atoms with Crippen LogP contribution in [0.1, 0.15) is 11.9 Å². The summed E-state index contributed by atoms with van der Waals surface area (Å²) in [5.74, 6) is 0.152. The molecule has 2 heterocycles. The largest absolute Gasteiger partial charge is 0.508 e. The van der Waals surface area contributed by atoms with Crippen LogP contribution in [-0.2, 0) is 23.1 Å². The summed E-state index contributed by atoms with van der Waals surface area (Å²) >= 11 is 3.73. The molecule has 2 fully saturated rings. The van der Waals surface area contributed by atoms with Crippen molar-refractivity contribution < 1.29 is 33.3 Å². The lowest BCUT2D eigenvalue weighted by Gasteiger charge is -2.37. The first-order valence-corrected chi connectivity index (χ1v) is 6.77. The van der Waals surface area contributed by atoms with E-state index in [0.717, 1.165) is 5.56 Å². The lowest BCUT2D eigenvalue weighted by atomic mass is 10.0. The molecule has 0 aliphatic carbocycles. The minimum atomic E-state index is -1.20. The molecule has 2 saturated heterocycles. The second-order valence-electron chi connectivity index (χ2n) is 4.83. The molecule has 0 radical (unpaired) electrons. The SMILES string of the molecule is COC1C(O)OC(OS)C2OC(c3ccc(O)cc3)OC12. The van der Waals surface area contributed by atoms with E-state index < -0.39 is 37.2 Å². The van der Waals surface area contributed by atoms with Gasteiger partial charge in [0.2, 0.25) is 6.29 Å². The Hall–Kier alpha value is -0.870. The average Bonchev–Trinajstić information content (AvgIpc) is 2.92. The van der Waals surface area contributed by atoms with Gasteiger partial charge in [-0.3, -0.25) is 4.18 Å². The van der Waals surface area contributed by atoms with E-state index in [0.29, 0.717) is 0 Å². The molecular formula is C13H16O7S. The fraction of sp³-hybridized carbons (Fsp3) is 0.538. The van der Waals surface area contributed by atoms with Gasteiger partial charge in [0.15, 0.2) is 12.6 Å². The fourth-order valence-corrected chi connectivity index (χ4v) is 2.70. The lowest BCUT2D eigenvalue weighted by Crippen LogP contribution is -2.56. The van der Waals surface area contributed by atoms with Crippen molar-refractivity contribution >= 4 is 12.9 Å². The lowest BCUT2D eigenvalue weighted by molar-refractivity contribution is -0.302. The van der Waals surface area contributed by atoms with Crippen LogP contribution in [-0.4, -0.2) is 48.2 Å². The summed E-state index contributed by atoms with van der Waals surface area (Å²) in [6.07, 6.45) is -4.59. The third-order valence-corrected chi connectivity index (χ3v) is 3.78. The highest BCUT2D eigenvalue weighted by Gasteiger charge is 2.53. The minimum absolute atomic E-state index is 0.152. The van der Waals surface area contributed by atoms with Crippen LogP contribution in [0.5, 0.6) is 5.75 Å². The third-order valence-electron chi connectivity index (χ3n) is 3.57. The summed E-state index contributed by atoms with van der Waals surface area (Å²) in [5.41, 5.74) is 0.726. The number of hydrogen-bond acceptors (Lipinski definition) is 8. The van der Waals surface area contributed by atoms with E-state index in [2.05, 4.69) is 12.9 Å². The molecule has 6 unspecified atom stereocenters. The van der Waals surface area contributed by atoms with Crippen LogP contribution < -0.4 is 0 Å². The van der Waals surface area contributed by atoms with Crippen LogP contribution in [0.15, 0.2) is 24.3 Å². The Morgan fingerprint density at radius 2 is 1.76 bits per heavy atom. The van der Waals surface area contributed by atoms with Gasteiger partial charge >= 0.3 is 0 Å². The molecule has 3 rings (SSSR count). The molecule has 0 aromatic heterocycles. The van der Waals surface area contributed by atoms with Crippen LogP contribution in [0.2, 0.25) is 0 Å². The van der Waals surface area contributed by atoms with E-state index in [1.807, 2.05) is 0 Å². The molecule has 0 spiro atoms. The smallest absolute Gasteiger partial charge is 0.202 e. The summed E-state index contributed by atoms with van der Waals surface area (Å²) in [6, 6.07) is 6.45. The van der Waals surface area contributed by atoms with E-state index in [9.17, 15) is 10.2 Å². The molecule has 116 valence electrons. The van der Waals surface area contributed by atoms with Crippen LogP contribution >= 0.6 is 12.9 Å². The van der Waals surface area contributed by atoms with Gasteiger partial charge in [0, 0.05) is 12.7 Å². The standard InChI is InChI=1S/C13H16O7S/c1-16-9-8-10(13(20-21)19-11(9)15)18-12(17-8)6-2-4-7(14)5-3-6/h2-5,8-15,21H,1H3. The number of phenolic OH excluding ortho intramolecular Hbond substituents is 1. The predicted octanol–water partition coefficient (Wildman–Crippen LogP) is 0.726. The first-order chi connectivity index (χ1) is 10.1. The van der Waals surface area contributed by atoms with Crippen molar-refractivity contribution in [3.05, 3.63) is 29.8 Å². The summed E-state index contributed by atoms with van der Waals surface area (Å²) in [6.45, 7) is 0. The third kappa shape index (κ3) is 2.76. The molecule has 1 aromatic rings. The van der Waals surface area contributed by atoms with Gasteiger partial charge in [-0.15, -0.1) is 0 Å². The Kier molecular flexibility index (Phi) is 4.36. The maximum atomic E-state index is 9.88. The van der Waals surface area contributed by atoms with Gasteiger partial charge < -0.3 is 29.2 Å².